The largest absolute Gasteiger partial charge is 0.352 e. The quantitative estimate of drug-likeness (QED) is 0.774. The van der Waals surface area contributed by atoms with Crippen molar-refractivity contribution < 1.29 is 13.6 Å². The fourth-order valence-electron chi connectivity index (χ4n) is 2.95. The first kappa shape index (κ1) is 10.5. The van der Waals surface area contributed by atoms with Crippen LogP contribution in [0.1, 0.15) is 44.9 Å². The molecule has 3 rings (SSSR count). The minimum Gasteiger partial charge on any atom is -0.352 e. The molecule has 0 heterocycles. The van der Waals surface area contributed by atoms with E-state index in [0.29, 0.717) is 18.3 Å². The van der Waals surface area contributed by atoms with Gasteiger partial charge in [0, 0.05) is 12.5 Å². The van der Waals surface area contributed by atoms with Gasteiger partial charge in [-0.15, -0.1) is 0 Å². The number of hydrogen-bond donors (Lipinski definition) is 1. The van der Waals surface area contributed by atoms with Gasteiger partial charge < -0.3 is 5.32 Å². The van der Waals surface area contributed by atoms with E-state index in [4.69, 9.17) is 0 Å². The fourth-order valence-corrected chi connectivity index (χ4v) is 2.95. The van der Waals surface area contributed by atoms with Crippen molar-refractivity contribution in [1.29, 1.82) is 0 Å². The summed E-state index contributed by atoms with van der Waals surface area (Å²) in [7, 11) is 0. The maximum atomic E-state index is 13.5. The summed E-state index contributed by atoms with van der Waals surface area (Å²) in [6, 6.07) is 0.206. The van der Waals surface area contributed by atoms with E-state index in [9.17, 15) is 13.6 Å². The van der Waals surface area contributed by atoms with Gasteiger partial charge in [0.1, 0.15) is 5.92 Å². The highest BCUT2D eigenvalue weighted by Crippen LogP contribution is 2.66. The average Bonchev–Trinajstić information content (AvgIpc) is 3.08. The van der Waals surface area contributed by atoms with E-state index < -0.39 is 17.7 Å². The number of hydrogen-bond acceptors (Lipinski definition) is 1. The number of halogens is 2. The Labute approximate surface area is 93.8 Å². The van der Waals surface area contributed by atoms with Crippen LogP contribution in [0, 0.1) is 11.3 Å². The van der Waals surface area contributed by atoms with Crippen molar-refractivity contribution in [3.63, 3.8) is 0 Å². The second kappa shape index (κ2) is 3.17. The molecule has 0 bridgehead atoms. The Morgan fingerprint density at radius 3 is 2.50 bits per heavy atom. The molecule has 3 aliphatic carbocycles. The molecule has 1 amide bonds. The van der Waals surface area contributed by atoms with Gasteiger partial charge in [0.2, 0.25) is 5.91 Å². The molecule has 0 aromatic rings. The fraction of sp³-hybridized carbons (Fsp3) is 0.917. The van der Waals surface area contributed by atoms with Crippen LogP contribution in [0.4, 0.5) is 8.78 Å². The predicted octanol–water partition coefficient (Wildman–Crippen LogP) is 2.48. The normalized spacial score (nSPS) is 38.1. The molecule has 0 aromatic carbocycles. The number of rotatable bonds is 2. The molecular formula is C12H17F2NO. The van der Waals surface area contributed by atoms with Crippen LogP contribution in [0.2, 0.25) is 0 Å². The van der Waals surface area contributed by atoms with E-state index in [1.54, 1.807) is 0 Å². The number of carbonyl (C=O) groups is 1. The lowest BCUT2D eigenvalue weighted by Crippen LogP contribution is -2.44. The highest BCUT2D eigenvalue weighted by atomic mass is 19.3. The van der Waals surface area contributed by atoms with Gasteiger partial charge in [-0.3, -0.25) is 4.79 Å². The molecule has 2 nitrogen and oxygen atoms in total. The van der Waals surface area contributed by atoms with Crippen LogP contribution in [0.25, 0.3) is 0 Å². The summed E-state index contributed by atoms with van der Waals surface area (Å²) < 4.78 is 27.1. The van der Waals surface area contributed by atoms with Crippen LogP contribution in [-0.2, 0) is 4.79 Å². The zero-order chi connectivity index (χ0) is 11.4. The molecule has 4 heteroatoms. The second-order valence-electron chi connectivity index (χ2n) is 5.69. The maximum Gasteiger partial charge on any atom is 0.259 e. The van der Waals surface area contributed by atoms with E-state index in [2.05, 4.69) is 5.32 Å². The van der Waals surface area contributed by atoms with Gasteiger partial charge in [-0.05, 0) is 37.5 Å². The molecular weight excluding hydrogens is 212 g/mol. The molecule has 1 N–H and O–H groups in total. The zero-order valence-electron chi connectivity index (χ0n) is 9.27. The Balaban J connectivity index is 1.60. The number of nitrogens with one attached hydrogen (secondary N) is 1. The van der Waals surface area contributed by atoms with Crippen LogP contribution in [0.3, 0.4) is 0 Å². The monoisotopic (exact) mass is 229 g/mol. The first-order valence-corrected chi connectivity index (χ1v) is 6.22. The van der Waals surface area contributed by atoms with E-state index in [1.807, 2.05) is 0 Å². The van der Waals surface area contributed by atoms with Gasteiger partial charge in [0.15, 0.2) is 0 Å². The van der Waals surface area contributed by atoms with Gasteiger partial charge in [-0.2, -0.15) is 0 Å². The average molecular weight is 229 g/mol. The Morgan fingerprint density at radius 1 is 1.19 bits per heavy atom. The SMILES string of the molecule is O=C(N[C@H]1CC12CC2)[C@@H]1CCCCC1(F)F. The van der Waals surface area contributed by atoms with Crippen LogP contribution < -0.4 is 5.32 Å². The number of alkyl halides is 2. The molecule has 16 heavy (non-hydrogen) atoms. The van der Waals surface area contributed by atoms with Crippen LogP contribution in [-0.4, -0.2) is 17.9 Å². The number of amides is 1. The summed E-state index contributed by atoms with van der Waals surface area (Å²) in [5, 5.41) is 2.81. The van der Waals surface area contributed by atoms with Crippen molar-refractivity contribution in [2.24, 2.45) is 11.3 Å². The molecule has 3 saturated carbocycles. The molecule has 0 unspecified atom stereocenters. The zero-order valence-corrected chi connectivity index (χ0v) is 9.27. The van der Waals surface area contributed by atoms with Crippen LogP contribution in [0.5, 0.6) is 0 Å². The summed E-state index contributed by atoms with van der Waals surface area (Å²) in [5.41, 5.74) is 0.347. The highest BCUT2D eigenvalue weighted by molar-refractivity contribution is 5.80. The molecule has 90 valence electrons. The predicted molar refractivity (Wildman–Crippen MR) is 55.1 cm³/mol. The van der Waals surface area contributed by atoms with Crippen molar-refractivity contribution in [2.45, 2.75) is 56.9 Å². The molecule has 2 atom stereocenters. The van der Waals surface area contributed by atoms with Gasteiger partial charge in [-0.1, -0.05) is 6.42 Å². The molecule has 3 aliphatic rings. The smallest absolute Gasteiger partial charge is 0.259 e. The Kier molecular flexibility index (Phi) is 2.08. The Morgan fingerprint density at radius 2 is 1.94 bits per heavy atom. The summed E-state index contributed by atoms with van der Waals surface area (Å²) in [5.74, 6) is -4.26. The molecule has 0 aliphatic heterocycles. The third-order valence-electron chi connectivity index (χ3n) is 4.48. The van der Waals surface area contributed by atoms with E-state index in [-0.39, 0.29) is 12.5 Å². The van der Waals surface area contributed by atoms with E-state index in [1.165, 1.54) is 12.8 Å². The summed E-state index contributed by atoms with van der Waals surface area (Å²) in [6.07, 6.45) is 4.86. The lowest BCUT2D eigenvalue weighted by Gasteiger charge is -2.30. The molecule has 1 spiro atoms. The molecule has 0 radical (unpaired) electrons. The van der Waals surface area contributed by atoms with Crippen LogP contribution >= 0.6 is 0 Å². The third kappa shape index (κ3) is 1.62. The van der Waals surface area contributed by atoms with Crippen LogP contribution in [0.15, 0.2) is 0 Å². The molecule has 3 fully saturated rings. The van der Waals surface area contributed by atoms with Gasteiger partial charge in [-0.25, -0.2) is 8.78 Å². The van der Waals surface area contributed by atoms with Crippen molar-refractivity contribution >= 4 is 5.91 Å². The van der Waals surface area contributed by atoms with Gasteiger partial charge in [0.05, 0.1) is 0 Å². The summed E-state index contributed by atoms with van der Waals surface area (Å²) in [4.78, 5) is 11.8. The Bertz CT molecular complexity index is 325. The minimum atomic E-state index is -2.78. The van der Waals surface area contributed by atoms with Crippen molar-refractivity contribution in [2.75, 3.05) is 0 Å². The summed E-state index contributed by atoms with van der Waals surface area (Å²) in [6.45, 7) is 0. The maximum absolute atomic E-state index is 13.5. The van der Waals surface area contributed by atoms with E-state index in [0.717, 1.165) is 12.8 Å². The van der Waals surface area contributed by atoms with Crippen molar-refractivity contribution in [3.8, 4) is 0 Å². The van der Waals surface area contributed by atoms with Crippen molar-refractivity contribution in [3.05, 3.63) is 0 Å². The highest BCUT2D eigenvalue weighted by Gasteiger charge is 2.64. The second-order valence-corrected chi connectivity index (χ2v) is 5.69. The van der Waals surface area contributed by atoms with Gasteiger partial charge in [0.25, 0.3) is 5.92 Å². The number of carbonyl (C=O) groups excluding carboxylic acids is 1. The lowest BCUT2D eigenvalue weighted by atomic mass is 9.85. The first-order valence-electron chi connectivity index (χ1n) is 6.22. The molecule has 0 saturated heterocycles. The third-order valence-corrected chi connectivity index (χ3v) is 4.48. The molecule has 0 aromatic heterocycles. The van der Waals surface area contributed by atoms with E-state index >= 15 is 0 Å². The summed E-state index contributed by atoms with van der Waals surface area (Å²) >= 11 is 0. The first-order chi connectivity index (χ1) is 7.54. The van der Waals surface area contributed by atoms with Gasteiger partial charge >= 0.3 is 0 Å². The lowest BCUT2D eigenvalue weighted by molar-refractivity contribution is -0.145. The van der Waals surface area contributed by atoms with Crippen molar-refractivity contribution in [1.82, 2.24) is 5.32 Å². The minimum absolute atomic E-state index is 0.124. The Hall–Kier alpha value is -0.670. The topological polar surface area (TPSA) is 29.1 Å². The standard InChI is InChI=1S/C12H17F2NO/c13-12(14)4-2-1-3-8(12)10(16)15-9-7-11(9)5-6-11/h8-9H,1-7H2,(H,15,16)/t8-,9-/m0/s1.